The van der Waals surface area contributed by atoms with Crippen molar-refractivity contribution in [3.05, 3.63) is 103 Å². The number of nitrogens with zero attached hydrogens (tertiary/aromatic N) is 7. The Bertz CT molecular complexity index is 2040. The monoisotopic (exact) mass is 653 g/mol. The normalized spacial score (nSPS) is 19.4. The summed E-state index contributed by atoms with van der Waals surface area (Å²) in [5, 5.41) is 15.5. The van der Waals surface area contributed by atoms with Crippen LogP contribution in [0, 0.1) is 18.8 Å². The van der Waals surface area contributed by atoms with Gasteiger partial charge in [0.1, 0.15) is 5.75 Å². The zero-order valence-electron chi connectivity index (χ0n) is 28.1. The number of allylic oxidation sites excluding steroid dienone is 3. The molecule has 1 atom stereocenters. The molecule has 2 saturated heterocycles. The summed E-state index contributed by atoms with van der Waals surface area (Å²) < 4.78 is 1.86. The number of likely N-dealkylation sites (tertiary alicyclic amines) is 1. The SMILES string of the molecule is Cc1cc2ncc3cc(-c4ccccc4)c(C4=CCCC(CN5CCC(C(=O)N6CCN(c7cccc(O)c7)CC6)CC5)C=C4)nc3n2n1. The first kappa shape index (κ1) is 31.3. The van der Waals surface area contributed by atoms with Gasteiger partial charge < -0.3 is 19.8 Å². The minimum Gasteiger partial charge on any atom is -0.508 e. The van der Waals surface area contributed by atoms with E-state index in [0.29, 0.717) is 11.8 Å². The molecule has 250 valence electrons. The number of fused-ring (bicyclic) bond motifs is 3. The van der Waals surface area contributed by atoms with E-state index in [9.17, 15) is 9.90 Å². The van der Waals surface area contributed by atoms with Gasteiger partial charge in [-0.1, -0.05) is 54.6 Å². The Balaban J connectivity index is 0.919. The first-order chi connectivity index (χ1) is 24.0. The summed E-state index contributed by atoms with van der Waals surface area (Å²) in [6.45, 7) is 7.98. The molecule has 2 fully saturated rings. The van der Waals surface area contributed by atoms with E-state index in [-0.39, 0.29) is 11.7 Å². The summed E-state index contributed by atoms with van der Waals surface area (Å²) in [6.07, 6.45) is 12.8. The van der Waals surface area contributed by atoms with Gasteiger partial charge >= 0.3 is 0 Å². The first-order valence-electron chi connectivity index (χ1n) is 17.6. The molecule has 9 heteroatoms. The van der Waals surface area contributed by atoms with Crippen LogP contribution >= 0.6 is 0 Å². The number of benzene rings is 2. The molecule has 0 bridgehead atoms. The fourth-order valence-corrected chi connectivity index (χ4v) is 7.72. The Morgan fingerprint density at radius 2 is 1.73 bits per heavy atom. The Morgan fingerprint density at radius 1 is 0.918 bits per heavy atom. The van der Waals surface area contributed by atoms with E-state index in [1.165, 1.54) is 0 Å². The number of piperidine rings is 1. The van der Waals surface area contributed by atoms with Crippen LogP contribution < -0.4 is 4.90 Å². The summed E-state index contributed by atoms with van der Waals surface area (Å²) in [7, 11) is 0. The summed E-state index contributed by atoms with van der Waals surface area (Å²) in [5.41, 5.74) is 7.91. The quantitative estimate of drug-likeness (QED) is 0.228. The minimum atomic E-state index is 0.108. The Labute approximate surface area is 287 Å². The number of pyridine rings is 1. The molecule has 0 spiro atoms. The van der Waals surface area contributed by atoms with Gasteiger partial charge in [0.2, 0.25) is 5.91 Å². The number of carbonyl (C=O) groups excluding carboxylic acids is 1. The second-order valence-corrected chi connectivity index (χ2v) is 13.7. The summed E-state index contributed by atoms with van der Waals surface area (Å²) in [6, 6.07) is 22.1. The number of carbonyl (C=O) groups is 1. The van der Waals surface area contributed by atoms with Crippen LogP contribution in [0.1, 0.15) is 37.1 Å². The molecule has 0 saturated carbocycles. The molecule has 2 aromatic carbocycles. The van der Waals surface area contributed by atoms with Crippen molar-refractivity contribution in [2.45, 2.75) is 32.6 Å². The van der Waals surface area contributed by atoms with Gasteiger partial charge in [0.25, 0.3) is 0 Å². The van der Waals surface area contributed by atoms with Crippen molar-refractivity contribution in [1.82, 2.24) is 29.4 Å². The molecule has 9 nitrogen and oxygen atoms in total. The van der Waals surface area contributed by atoms with E-state index in [0.717, 1.165) is 122 Å². The Morgan fingerprint density at radius 3 is 2.53 bits per heavy atom. The van der Waals surface area contributed by atoms with Crippen molar-refractivity contribution < 1.29 is 9.90 Å². The van der Waals surface area contributed by atoms with Gasteiger partial charge in [-0.3, -0.25) is 4.79 Å². The smallest absolute Gasteiger partial charge is 0.225 e. The number of phenols is 1. The summed E-state index contributed by atoms with van der Waals surface area (Å²) in [5.74, 6) is 1.14. The third-order valence-electron chi connectivity index (χ3n) is 10.4. The zero-order chi connectivity index (χ0) is 33.3. The molecule has 8 rings (SSSR count). The second kappa shape index (κ2) is 13.5. The van der Waals surface area contributed by atoms with Crippen LogP contribution in [0.25, 0.3) is 33.4 Å². The van der Waals surface area contributed by atoms with Crippen LogP contribution in [0.5, 0.6) is 5.75 Å². The lowest BCUT2D eigenvalue weighted by Crippen LogP contribution is -2.51. The van der Waals surface area contributed by atoms with Gasteiger partial charge in [-0.2, -0.15) is 9.61 Å². The lowest BCUT2D eigenvalue weighted by molar-refractivity contribution is -0.137. The van der Waals surface area contributed by atoms with Crippen LogP contribution in [-0.2, 0) is 4.79 Å². The van der Waals surface area contributed by atoms with E-state index in [4.69, 9.17) is 10.1 Å². The van der Waals surface area contributed by atoms with Crippen LogP contribution in [0.4, 0.5) is 5.69 Å². The number of hydrogen-bond acceptors (Lipinski definition) is 7. The van der Waals surface area contributed by atoms with Crippen molar-refractivity contribution in [2.75, 3.05) is 50.7 Å². The van der Waals surface area contributed by atoms with Gasteiger partial charge in [-0.05, 0) is 81.0 Å². The molecule has 5 heterocycles. The third kappa shape index (κ3) is 6.55. The maximum Gasteiger partial charge on any atom is 0.225 e. The fourth-order valence-electron chi connectivity index (χ4n) is 7.72. The molecule has 3 aliphatic rings. The highest BCUT2D eigenvalue weighted by molar-refractivity contribution is 5.91. The van der Waals surface area contributed by atoms with E-state index in [1.807, 2.05) is 41.9 Å². The molecule has 49 heavy (non-hydrogen) atoms. The predicted octanol–water partition coefficient (Wildman–Crippen LogP) is 6.37. The van der Waals surface area contributed by atoms with Crippen molar-refractivity contribution in [2.24, 2.45) is 11.8 Å². The molecule has 1 amide bonds. The fraction of sp³-hybridized carbons (Fsp3) is 0.350. The van der Waals surface area contributed by atoms with Gasteiger partial charge in [0.15, 0.2) is 11.3 Å². The predicted molar refractivity (Wildman–Crippen MR) is 194 cm³/mol. The molecule has 0 radical (unpaired) electrons. The van der Waals surface area contributed by atoms with Gasteiger partial charge in [0, 0.05) is 73.6 Å². The molecule has 1 unspecified atom stereocenters. The van der Waals surface area contributed by atoms with Crippen LogP contribution in [0.3, 0.4) is 0 Å². The highest BCUT2D eigenvalue weighted by Crippen LogP contribution is 2.34. The third-order valence-corrected chi connectivity index (χ3v) is 10.4. The topological polar surface area (TPSA) is 90.1 Å². The number of amides is 1. The number of anilines is 1. The molecular weight excluding hydrogens is 610 g/mol. The van der Waals surface area contributed by atoms with E-state index in [2.05, 4.69) is 68.2 Å². The number of hydrogen-bond donors (Lipinski definition) is 1. The number of aromatic nitrogens is 4. The summed E-state index contributed by atoms with van der Waals surface area (Å²) in [4.78, 5) is 30.2. The average Bonchev–Trinajstić information content (AvgIpc) is 3.38. The standard InChI is InChI=1S/C40H43N7O2/c1-28-23-37-41-26-33-24-36(30-8-3-2-4-9-30)38(42-39(33)47(37)43-28)31-10-5-7-29(13-14-31)27-44-17-15-32(16-18-44)40(49)46-21-19-45(20-22-46)34-11-6-12-35(48)25-34/h2-4,6,8-14,23-26,29,32,48H,5,7,15-22,27H2,1H3. The van der Waals surface area contributed by atoms with Crippen molar-refractivity contribution >= 4 is 33.8 Å². The number of aromatic hydroxyl groups is 1. The zero-order valence-corrected chi connectivity index (χ0v) is 28.1. The van der Waals surface area contributed by atoms with Crippen molar-refractivity contribution in [3.63, 3.8) is 0 Å². The highest BCUT2D eigenvalue weighted by Gasteiger charge is 2.31. The lowest BCUT2D eigenvalue weighted by atomic mass is 9.93. The van der Waals surface area contributed by atoms with Crippen molar-refractivity contribution in [3.8, 4) is 16.9 Å². The van der Waals surface area contributed by atoms with Crippen molar-refractivity contribution in [1.29, 1.82) is 0 Å². The van der Waals surface area contributed by atoms with Crippen LogP contribution in [0.15, 0.2) is 91.2 Å². The Kier molecular flexibility index (Phi) is 8.60. The molecular formula is C40H43N7O2. The minimum absolute atomic E-state index is 0.108. The van der Waals surface area contributed by atoms with E-state index >= 15 is 0 Å². The molecule has 3 aromatic heterocycles. The van der Waals surface area contributed by atoms with E-state index < -0.39 is 0 Å². The number of piperazine rings is 1. The van der Waals surface area contributed by atoms with Crippen LogP contribution in [0.2, 0.25) is 0 Å². The van der Waals surface area contributed by atoms with Gasteiger partial charge in [-0.15, -0.1) is 0 Å². The largest absolute Gasteiger partial charge is 0.508 e. The second-order valence-electron chi connectivity index (χ2n) is 13.7. The highest BCUT2D eigenvalue weighted by atomic mass is 16.3. The van der Waals surface area contributed by atoms with Gasteiger partial charge in [0.05, 0.1) is 11.4 Å². The van der Waals surface area contributed by atoms with E-state index in [1.54, 1.807) is 12.1 Å². The maximum absolute atomic E-state index is 13.5. The molecule has 5 aromatic rings. The average molecular weight is 654 g/mol. The molecule has 2 aliphatic heterocycles. The molecule has 1 N–H and O–H groups in total. The maximum atomic E-state index is 13.5. The van der Waals surface area contributed by atoms with Crippen LogP contribution in [-0.4, -0.2) is 86.2 Å². The Hall–Kier alpha value is -5.02. The lowest BCUT2D eigenvalue weighted by Gasteiger charge is -2.39. The summed E-state index contributed by atoms with van der Waals surface area (Å²) >= 11 is 0. The van der Waals surface area contributed by atoms with Gasteiger partial charge in [-0.25, -0.2) is 9.97 Å². The first-order valence-corrected chi connectivity index (χ1v) is 17.6. The number of aryl methyl sites for hydroxylation is 1. The molecule has 1 aliphatic carbocycles. The number of phenolic OH excluding ortho intramolecular Hbond substituents is 1. The number of rotatable bonds is 6.